The molecule has 1 aliphatic rings. The van der Waals surface area contributed by atoms with E-state index >= 15 is 0 Å². The van der Waals surface area contributed by atoms with E-state index in [0.717, 1.165) is 6.20 Å². The molecule has 0 radical (unpaired) electrons. The number of hydroxylamine groups is 2. The number of ether oxygens (including phenoxy) is 1. The minimum absolute atomic E-state index is 0.146. The van der Waals surface area contributed by atoms with Crippen LogP contribution in [0.5, 0.6) is 11.6 Å². The molecule has 28 heavy (non-hydrogen) atoms. The van der Waals surface area contributed by atoms with E-state index in [4.69, 9.17) is 9.57 Å². The average Bonchev–Trinajstić information content (AvgIpc) is 3.27. The third-order valence-corrected chi connectivity index (χ3v) is 3.92. The van der Waals surface area contributed by atoms with E-state index in [0.29, 0.717) is 17.4 Å². The molecule has 1 aliphatic heterocycles. The summed E-state index contributed by atoms with van der Waals surface area (Å²) in [6, 6.07) is 6.19. The Hall–Kier alpha value is -4.08. The fraction of sp³-hybridized carbons (Fsp3) is 0.111. The summed E-state index contributed by atoms with van der Waals surface area (Å²) in [5.74, 6) is -1.80. The Morgan fingerprint density at radius 1 is 1.04 bits per heavy atom. The summed E-state index contributed by atoms with van der Waals surface area (Å²) in [6.07, 6.45) is 5.56. The molecule has 10 heteroatoms. The monoisotopic (exact) mass is 379 g/mol. The topological polar surface area (TPSA) is 117 Å². The van der Waals surface area contributed by atoms with Crippen LogP contribution >= 0.6 is 0 Å². The van der Waals surface area contributed by atoms with E-state index in [1.807, 2.05) is 6.92 Å². The molecule has 4 rings (SSSR count). The van der Waals surface area contributed by atoms with Gasteiger partial charge in [0.25, 0.3) is 11.8 Å². The third kappa shape index (κ3) is 3.07. The average molecular weight is 379 g/mol. The highest BCUT2D eigenvalue weighted by Crippen LogP contribution is 2.23. The van der Waals surface area contributed by atoms with Crippen molar-refractivity contribution in [3.63, 3.8) is 0 Å². The molecule has 0 unspecified atom stereocenters. The van der Waals surface area contributed by atoms with Gasteiger partial charge in [0.2, 0.25) is 5.88 Å². The van der Waals surface area contributed by atoms with Crippen LogP contribution in [0, 0.1) is 0 Å². The summed E-state index contributed by atoms with van der Waals surface area (Å²) in [5, 5.41) is 4.48. The quantitative estimate of drug-likeness (QED) is 0.617. The number of nitrogens with zero attached hydrogens (tertiary/aromatic N) is 5. The summed E-state index contributed by atoms with van der Waals surface area (Å²) in [6.45, 7) is 2.63. The third-order valence-electron chi connectivity index (χ3n) is 3.92. The number of aromatic nitrogens is 4. The Bertz CT molecular complexity index is 1040. The first-order valence-electron chi connectivity index (χ1n) is 8.29. The fourth-order valence-corrected chi connectivity index (χ4v) is 2.55. The molecule has 1 aromatic carbocycles. The van der Waals surface area contributed by atoms with Gasteiger partial charge in [0.05, 0.1) is 35.9 Å². The first-order chi connectivity index (χ1) is 13.6. The Balaban J connectivity index is 1.44. The predicted molar refractivity (Wildman–Crippen MR) is 92.4 cm³/mol. The molecule has 0 fully saturated rings. The lowest BCUT2D eigenvalue weighted by Crippen LogP contribution is -2.33. The molecule has 0 saturated heterocycles. The van der Waals surface area contributed by atoms with Crippen LogP contribution in [-0.4, -0.2) is 42.6 Å². The molecule has 0 saturated carbocycles. The maximum absolute atomic E-state index is 12.2. The van der Waals surface area contributed by atoms with Gasteiger partial charge in [0.15, 0.2) is 11.4 Å². The van der Waals surface area contributed by atoms with E-state index in [1.54, 1.807) is 23.0 Å². The van der Waals surface area contributed by atoms with Crippen LogP contribution in [-0.2, 0) is 11.4 Å². The summed E-state index contributed by atoms with van der Waals surface area (Å²) < 4.78 is 7.15. The largest absolute Gasteiger partial charge is 0.434 e. The lowest BCUT2D eigenvalue weighted by Gasteiger charge is -2.12. The number of aryl methyl sites for hydroxylation is 1. The lowest BCUT2D eigenvalue weighted by molar-refractivity contribution is -0.0588. The molecule has 0 atom stereocenters. The van der Waals surface area contributed by atoms with Gasteiger partial charge in [-0.15, -0.1) is 0 Å². The zero-order valence-electron chi connectivity index (χ0n) is 14.6. The number of benzene rings is 1. The van der Waals surface area contributed by atoms with Gasteiger partial charge in [-0.2, -0.15) is 5.10 Å². The SMILES string of the molecule is CCn1cc(Oc2cnc(C(=O)ON3C(=O)c4ccccc4C3=O)cn2)cn1. The van der Waals surface area contributed by atoms with Crippen LogP contribution in [0.1, 0.15) is 38.1 Å². The maximum atomic E-state index is 12.2. The normalized spacial score (nSPS) is 12.8. The highest BCUT2D eigenvalue weighted by atomic mass is 16.7. The van der Waals surface area contributed by atoms with Gasteiger partial charge in [0, 0.05) is 6.54 Å². The molecule has 3 aromatic rings. The molecule has 140 valence electrons. The van der Waals surface area contributed by atoms with Crippen LogP contribution < -0.4 is 4.74 Å². The minimum atomic E-state index is -0.993. The molecule has 2 amide bonds. The highest BCUT2D eigenvalue weighted by molar-refractivity contribution is 6.21. The van der Waals surface area contributed by atoms with E-state index in [2.05, 4.69) is 15.1 Å². The molecule has 0 aliphatic carbocycles. The van der Waals surface area contributed by atoms with Crippen molar-refractivity contribution in [2.75, 3.05) is 0 Å². The van der Waals surface area contributed by atoms with Gasteiger partial charge >= 0.3 is 5.97 Å². The van der Waals surface area contributed by atoms with E-state index in [-0.39, 0.29) is 22.7 Å². The Morgan fingerprint density at radius 3 is 2.32 bits per heavy atom. The summed E-state index contributed by atoms with van der Waals surface area (Å²) in [5.41, 5.74) is 0.152. The lowest BCUT2D eigenvalue weighted by atomic mass is 10.1. The zero-order valence-corrected chi connectivity index (χ0v) is 14.6. The number of carbonyl (C=O) groups is 3. The van der Waals surface area contributed by atoms with Crippen LogP contribution in [0.3, 0.4) is 0 Å². The second kappa shape index (κ2) is 6.91. The van der Waals surface area contributed by atoms with Crippen LogP contribution in [0.2, 0.25) is 0 Å². The van der Waals surface area contributed by atoms with Crippen molar-refractivity contribution >= 4 is 17.8 Å². The van der Waals surface area contributed by atoms with Crippen molar-refractivity contribution in [3.05, 3.63) is 65.9 Å². The number of fused-ring (bicyclic) bond motifs is 1. The van der Waals surface area contributed by atoms with Crippen molar-refractivity contribution in [1.29, 1.82) is 0 Å². The number of hydrogen-bond acceptors (Lipinski definition) is 8. The van der Waals surface area contributed by atoms with E-state index < -0.39 is 17.8 Å². The predicted octanol–water partition coefficient (Wildman–Crippen LogP) is 1.85. The van der Waals surface area contributed by atoms with Crippen LogP contribution in [0.25, 0.3) is 0 Å². The first-order valence-corrected chi connectivity index (χ1v) is 8.29. The van der Waals surface area contributed by atoms with Crippen molar-refractivity contribution in [3.8, 4) is 11.6 Å². The van der Waals surface area contributed by atoms with Crippen molar-refractivity contribution in [2.45, 2.75) is 13.5 Å². The van der Waals surface area contributed by atoms with Gasteiger partial charge in [-0.3, -0.25) is 14.3 Å². The minimum Gasteiger partial charge on any atom is -0.434 e. The molecule has 0 spiro atoms. The van der Waals surface area contributed by atoms with Gasteiger partial charge < -0.3 is 9.57 Å². The Kier molecular flexibility index (Phi) is 4.28. The number of imide groups is 1. The second-order valence-corrected chi connectivity index (χ2v) is 5.70. The molecule has 0 bridgehead atoms. The molecule has 0 N–H and O–H groups in total. The second-order valence-electron chi connectivity index (χ2n) is 5.70. The fourth-order valence-electron chi connectivity index (χ4n) is 2.55. The number of carbonyl (C=O) groups excluding carboxylic acids is 3. The molecule has 3 heterocycles. The van der Waals surface area contributed by atoms with Gasteiger partial charge in [-0.05, 0) is 19.1 Å². The summed E-state index contributed by atoms with van der Waals surface area (Å²) in [4.78, 5) is 49.5. The zero-order chi connectivity index (χ0) is 19.7. The van der Waals surface area contributed by atoms with E-state index in [9.17, 15) is 14.4 Å². The molecule has 10 nitrogen and oxygen atoms in total. The van der Waals surface area contributed by atoms with Crippen LogP contribution in [0.15, 0.2) is 49.1 Å². The van der Waals surface area contributed by atoms with Gasteiger partial charge in [-0.25, -0.2) is 14.8 Å². The summed E-state index contributed by atoms with van der Waals surface area (Å²) >= 11 is 0. The number of amides is 2. The van der Waals surface area contributed by atoms with Crippen molar-refractivity contribution in [1.82, 2.24) is 24.8 Å². The van der Waals surface area contributed by atoms with Gasteiger partial charge in [0.1, 0.15) is 0 Å². The van der Waals surface area contributed by atoms with Crippen molar-refractivity contribution < 1.29 is 24.0 Å². The van der Waals surface area contributed by atoms with Gasteiger partial charge in [-0.1, -0.05) is 17.2 Å². The maximum Gasteiger partial charge on any atom is 0.383 e. The number of hydrogen-bond donors (Lipinski definition) is 0. The molecular weight excluding hydrogens is 366 g/mol. The number of rotatable bonds is 5. The standard InChI is InChI=1S/C18H13N5O5/c1-2-22-10-11(7-21-22)27-15-9-19-14(8-20-15)18(26)28-23-16(24)12-5-3-4-6-13(12)17(23)25/h3-10H,2H2,1H3. The van der Waals surface area contributed by atoms with E-state index in [1.165, 1.54) is 24.5 Å². The Morgan fingerprint density at radius 2 is 1.75 bits per heavy atom. The molecular formula is C18H13N5O5. The summed E-state index contributed by atoms with van der Waals surface area (Å²) in [7, 11) is 0. The highest BCUT2D eigenvalue weighted by Gasteiger charge is 2.39. The molecule has 2 aromatic heterocycles. The van der Waals surface area contributed by atoms with Crippen LogP contribution in [0.4, 0.5) is 0 Å². The smallest absolute Gasteiger partial charge is 0.383 e. The Labute approximate surface area is 158 Å². The van der Waals surface area contributed by atoms with Crippen molar-refractivity contribution in [2.24, 2.45) is 0 Å². The first kappa shape index (κ1) is 17.3.